The molecule has 19 heavy (non-hydrogen) atoms. The number of carbonyl (C=O) groups is 1. The zero-order valence-corrected chi connectivity index (χ0v) is 10.4. The van der Waals surface area contributed by atoms with Crippen LogP contribution >= 0.6 is 0 Å². The number of amides is 1. The van der Waals surface area contributed by atoms with Gasteiger partial charge in [0.15, 0.2) is 0 Å². The quantitative estimate of drug-likeness (QED) is 0.500. The van der Waals surface area contributed by atoms with Crippen LogP contribution < -0.4 is 10.4 Å². The summed E-state index contributed by atoms with van der Waals surface area (Å²) in [5, 5.41) is 16.4. The van der Waals surface area contributed by atoms with Gasteiger partial charge in [-0.2, -0.15) is 8.42 Å². The lowest BCUT2D eigenvalue weighted by atomic mass is 9.82. The maximum Gasteiger partial charge on any atom is 0.490 e. The molecular formula is C9H10BFN2O5S. The molecule has 0 saturated carbocycles. The van der Waals surface area contributed by atoms with E-state index in [1.165, 1.54) is 12.1 Å². The van der Waals surface area contributed by atoms with Crippen molar-refractivity contribution in [2.24, 2.45) is 0 Å². The highest BCUT2D eigenvalue weighted by Gasteiger charge is 2.39. The van der Waals surface area contributed by atoms with Gasteiger partial charge >= 0.3 is 17.3 Å². The number of hydrogen-bond donors (Lipinski definition) is 2. The number of nitrogens with zero attached hydrogens (tertiary/aromatic N) is 2. The highest BCUT2D eigenvalue weighted by atomic mass is 32.3. The summed E-state index contributed by atoms with van der Waals surface area (Å²) in [4.78, 5) is 16.5. The molecular weight excluding hydrogens is 278 g/mol. The molecule has 2 N–H and O–H groups in total. The van der Waals surface area contributed by atoms with E-state index >= 15 is 0 Å². The molecule has 7 nitrogen and oxygen atoms in total. The van der Waals surface area contributed by atoms with Crippen molar-refractivity contribution in [3.63, 3.8) is 0 Å². The molecule has 1 saturated heterocycles. The van der Waals surface area contributed by atoms with Gasteiger partial charge in [-0.3, -0.25) is 9.69 Å². The van der Waals surface area contributed by atoms with Crippen molar-refractivity contribution in [1.82, 2.24) is 4.98 Å². The largest absolute Gasteiger partial charge is 0.490 e. The molecule has 0 aromatic carbocycles. The lowest BCUT2D eigenvalue weighted by Crippen LogP contribution is -2.32. The topological polar surface area (TPSA) is 108 Å². The highest BCUT2D eigenvalue weighted by molar-refractivity contribution is 7.87. The average Bonchev–Trinajstić information content (AvgIpc) is 2.71. The van der Waals surface area contributed by atoms with E-state index in [1.807, 2.05) is 0 Å². The molecule has 1 aromatic rings. The van der Waals surface area contributed by atoms with E-state index in [0.29, 0.717) is 0 Å². The number of pyridine rings is 1. The monoisotopic (exact) mass is 288 g/mol. The van der Waals surface area contributed by atoms with Crippen LogP contribution in [0.15, 0.2) is 18.3 Å². The summed E-state index contributed by atoms with van der Waals surface area (Å²) in [7, 11) is -6.45. The Morgan fingerprint density at radius 1 is 1.42 bits per heavy atom. The van der Waals surface area contributed by atoms with Gasteiger partial charge in [0.05, 0.1) is 0 Å². The molecule has 0 bridgehead atoms. The highest BCUT2D eigenvalue weighted by Crippen LogP contribution is 2.23. The summed E-state index contributed by atoms with van der Waals surface area (Å²) in [5.74, 6) is -0.406. The van der Waals surface area contributed by atoms with Gasteiger partial charge < -0.3 is 10.0 Å². The fraction of sp³-hybridized carbons (Fsp3) is 0.333. The lowest BCUT2D eigenvalue weighted by molar-refractivity contribution is -0.117. The molecule has 0 radical (unpaired) electrons. The molecule has 0 spiro atoms. The van der Waals surface area contributed by atoms with E-state index in [2.05, 4.69) is 4.98 Å². The Labute approximate surface area is 109 Å². The number of hydrogen-bond acceptors (Lipinski definition) is 6. The second-order valence-corrected chi connectivity index (χ2v) is 5.75. The number of anilines is 1. The van der Waals surface area contributed by atoms with E-state index < -0.39 is 34.9 Å². The molecule has 1 aromatic heterocycles. The van der Waals surface area contributed by atoms with E-state index in [-0.39, 0.29) is 17.8 Å². The standard InChI is InChI=1S/C9H10BFN2O5S/c11-19(17,18)7-3-9(14)13(5-7)8-2-1-6(4-12-8)10(15)16/h1-2,4,7,15-16H,3,5H2. The normalized spacial score (nSPS) is 19.8. The molecule has 1 atom stereocenters. The Kier molecular flexibility index (Phi) is 3.57. The third kappa shape index (κ3) is 2.91. The summed E-state index contributed by atoms with van der Waals surface area (Å²) < 4.78 is 34.4. The maximum atomic E-state index is 12.8. The maximum absolute atomic E-state index is 12.8. The zero-order valence-electron chi connectivity index (χ0n) is 9.60. The second kappa shape index (κ2) is 4.87. The average molecular weight is 288 g/mol. The molecule has 1 amide bonds. The predicted octanol–water partition coefficient (Wildman–Crippen LogP) is -1.83. The minimum absolute atomic E-state index is 0.130. The van der Waals surface area contributed by atoms with Crippen LogP contribution in [0.5, 0.6) is 0 Å². The van der Waals surface area contributed by atoms with Crippen molar-refractivity contribution in [2.75, 3.05) is 11.4 Å². The smallest absolute Gasteiger partial charge is 0.423 e. The van der Waals surface area contributed by atoms with Crippen LogP contribution in [-0.4, -0.2) is 48.3 Å². The van der Waals surface area contributed by atoms with Crippen LogP contribution in [0.1, 0.15) is 6.42 Å². The Morgan fingerprint density at radius 3 is 2.53 bits per heavy atom. The van der Waals surface area contributed by atoms with Crippen LogP contribution in [0.2, 0.25) is 0 Å². The van der Waals surface area contributed by atoms with Crippen LogP contribution in [-0.2, 0) is 15.0 Å². The SMILES string of the molecule is O=C1CC(S(=O)(=O)F)CN1c1ccc(B(O)O)cn1. The molecule has 1 aliphatic rings. The Morgan fingerprint density at radius 2 is 2.11 bits per heavy atom. The van der Waals surface area contributed by atoms with Gasteiger partial charge in [-0.25, -0.2) is 4.98 Å². The van der Waals surface area contributed by atoms with Crippen molar-refractivity contribution in [1.29, 1.82) is 0 Å². The molecule has 10 heteroatoms. The Balaban J connectivity index is 2.21. The predicted molar refractivity (Wildman–Crippen MR) is 64.8 cm³/mol. The van der Waals surface area contributed by atoms with Crippen LogP contribution in [0.4, 0.5) is 9.70 Å². The van der Waals surface area contributed by atoms with Crippen molar-refractivity contribution in [3.05, 3.63) is 18.3 Å². The van der Waals surface area contributed by atoms with Gasteiger partial charge in [-0.05, 0) is 6.07 Å². The van der Waals surface area contributed by atoms with Crippen molar-refractivity contribution >= 4 is 34.5 Å². The first-order chi connectivity index (χ1) is 8.79. The van der Waals surface area contributed by atoms with E-state index in [0.717, 1.165) is 11.1 Å². The van der Waals surface area contributed by atoms with E-state index in [1.54, 1.807) is 0 Å². The van der Waals surface area contributed by atoms with Crippen molar-refractivity contribution < 1.29 is 27.1 Å². The Bertz CT molecular complexity index is 591. The Hall–Kier alpha value is -1.52. The van der Waals surface area contributed by atoms with Gasteiger partial charge in [-0.1, -0.05) is 6.07 Å². The summed E-state index contributed by atoms with van der Waals surface area (Å²) in [5.41, 5.74) is 0.130. The minimum atomic E-state index is -4.77. The summed E-state index contributed by atoms with van der Waals surface area (Å²) >= 11 is 0. The second-order valence-electron chi connectivity index (χ2n) is 4.13. The molecule has 102 valence electrons. The molecule has 1 fully saturated rings. The molecule has 1 aliphatic heterocycles. The summed E-state index contributed by atoms with van der Waals surface area (Å²) in [6, 6.07) is 2.66. The summed E-state index contributed by atoms with van der Waals surface area (Å²) in [6.45, 7) is -0.300. The van der Waals surface area contributed by atoms with Gasteiger partial charge in [0.1, 0.15) is 11.1 Å². The fourth-order valence-corrected chi connectivity index (χ4v) is 2.46. The number of carbonyl (C=O) groups excluding carboxylic acids is 1. The molecule has 2 rings (SSSR count). The molecule has 1 unspecified atom stereocenters. The van der Waals surface area contributed by atoms with Crippen LogP contribution in [0, 0.1) is 0 Å². The van der Waals surface area contributed by atoms with Crippen LogP contribution in [0.25, 0.3) is 0 Å². The first-order valence-corrected chi connectivity index (χ1v) is 6.79. The third-order valence-corrected chi connectivity index (χ3v) is 3.95. The number of rotatable bonds is 3. The van der Waals surface area contributed by atoms with Gasteiger partial charge in [0.25, 0.3) is 0 Å². The lowest BCUT2D eigenvalue weighted by Gasteiger charge is -2.14. The summed E-state index contributed by atoms with van der Waals surface area (Å²) in [6.07, 6.45) is 0.718. The zero-order chi connectivity index (χ0) is 14.2. The van der Waals surface area contributed by atoms with E-state index in [9.17, 15) is 17.1 Å². The minimum Gasteiger partial charge on any atom is -0.423 e. The number of halogens is 1. The van der Waals surface area contributed by atoms with Gasteiger partial charge in [0, 0.05) is 24.6 Å². The first kappa shape index (κ1) is 13.9. The van der Waals surface area contributed by atoms with Crippen molar-refractivity contribution in [2.45, 2.75) is 11.7 Å². The van der Waals surface area contributed by atoms with Crippen LogP contribution in [0.3, 0.4) is 0 Å². The number of aromatic nitrogens is 1. The molecule has 2 heterocycles. The van der Waals surface area contributed by atoms with Gasteiger partial charge in [0.2, 0.25) is 5.91 Å². The fourth-order valence-electron chi connectivity index (χ4n) is 1.79. The van der Waals surface area contributed by atoms with E-state index in [4.69, 9.17) is 10.0 Å². The first-order valence-electron chi connectivity index (χ1n) is 5.35. The molecule has 0 aliphatic carbocycles. The van der Waals surface area contributed by atoms with Gasteiger partial charge in [-0.15, -0.1) is 3.89 Å². The van der Waals surface area contributed by atoms with Crippen molar-refractivity contribution in [3.8, 4) is 0 Å². The third-order valence-electron chi connectivity index (χ3n) is 2.83.